The SMILES string of the molecule is COc1ccccc1N1CCN(C2CCCN(Cc3ccn[nH]3)C2)CC1. The fraction of sp³-hybridized carbons (Fsp3) is 0.550. The Morgan fingerprint density at radius 1 is 1.12 bits per heavy atom. The number of H-pyrrole nitrogens is 1. The predicted octanol–water partition coefficient (Wildman–Crippen LogP) is 2.20. The third-order valence-corrected chi connectivity index (χ3v) is 5.69. The van der Waals surface area contributed by atoms with Crippen LogP contribution >= 0.6 is 0 Å². The van der Waals surface area contributed by atoms with Crippen LogP contribution in [-0.4, -0.2) is 72.4 Å². The quantitative estimate of drug-likeness (QED) is 0.891. The monoisotopic (exact) mass is 355 g/mol. The largest absolute Gasteiger partial charge is 0.495 e. The van der Waals surface area contributed by atoms with Gasteiger partial charge in [-0.25, -0.2) is 0 Å². The zero-order valence-corrected chi connectivity index (χ0v) is 15.6. The van der Waals surface area contributed by atoms with Crippen molar-refractivity contribution in [3.05, 3.63) is 42.2 Å². The van der Waals surface area contributed by atoms with E-state index in [9.17, 15) is 0 Å². The van der Waals surface area contributed by atoms with Crippen molar-refractivity contribution in [1.29, 1.82) is 0 Å². The molecule has 1 aromatic heterocycles. The Bertz CT molecular complexity index is 681. The normalized spacial score (nSPS) is 22.5. The van der Waals surface area contributed by atoms with Crippen molar-refractivity contribution < 1.29 is 4.74 Å². The summed E-state index contributed by atoms with van der Waals surface area (Å²) in [5.41, 5.74) is 2.44. The summed E-state index contributed by atoms with van der Waals surface area (Å²) in [7, 11) is 1.76. The lowest BCUT2D eigenvalue weighted by Crippen LogP contribution is -2.55. The number of benzene rings is 1. The van der Waals surface area contributed by atoms with Gasteiger partial charge in [0.15, 0.2) is 0 Å². The van der Waals surface area contributed by atoms with Gasteiger partial charge in [0.2, 0.25) is 0 Å². The Labute approximate surface area is 155 Å². The molecule has 0 radical (unpaired) electrons. The minimum Gasteiger partial charge on any atom is -0.495 e. The van der Waals surface area contributed by atoms with Crippen molar-refractivity contribution in [2.75, 3.05) is 51.3 Å². The van der Waals surface area contributed by atoms with Crippen LogP contribution in [0.2, 0.25) is 0 Å². The standard InChI is InChI=1S/C20H29N5O/c1-26-20-7-3-2-6-19(20)25-13-11-24(12-14-25)18-5-4-10-23(16-18)15-17-8-9-21-22-17/h2-3,6-9,18H,4-5,10-16H2,1H3,(H,21,22). The van der Waals surface area contributed by atoms with Gasteiger partial charge in [-0.05, 0) is 37.6 Å². The van der Waals surface area contributed by atoms with Crippen molar-refractivity contribution in [3.63, 3.8) is 0 Å². The van der Waals surface area contributed by atoms with E-state index < -0.39 is 0 Å². The lowest BCUT2D eigenvalue weighted by Gasteiger charge is -2.44. The maximum atomic E-state index is 5.54. The Balaban J connectivity index is 1.32. The highest BCUT2D eigenvalue weighted by Gasteiger charge is 2.28. The molecule has 0 saturated carbocycles. The Hall–Kier alpha value is -2.05. The molecule has 2 fully saturated rings. The number of ether oxygens (including phenoxy) is 1. The molecule has 6 heteroatoms. The lowest BCUT2D eigenvalue weighted by atomic mass is 10.0. The van der Waals surface area contributed by atoms with Gasteiger partial charge in [-0.1, -0.05) is 12.1 Å². The average molecular weight is 355 g/mol. The van der Waals surface area contributed by atoms with Crippen LogP contribution < -0.4 is 9.64 Å². The second-order valence-corrected chi connectivity index (χ2v) is 7.31. The Kier molecular flexibility index (Phi) is 5.41. The first-order valence-corrected chi connectivity index (χ1v) is 9.66. The number of hydrogen-bond donors (Lipinski definition) is 1. The lowest BCUT2D eigenvalue weighted by molar-refractivity contribution is 0.0880. The van der Waals surface area contributed by atoms with E-state index in [1.807, 2.05) is 12.3 Å². The molecule has 1 aromatic carbocycles. The number of likely N-dealkylation sites (tertiary alicyclic amines) is 1. The summed E-state index contributed by atoms with van der Waals surface area (Å²) in [6, 6.07) is 11.1. The minimum atomic E-state index is 0.673. The van der Waals surface area contributed by atoms with Crippen LogP contribution in [0.5, 0.6) is 5.75 Å². The van der Waals surface area contributed by atoms with Gasteiger partial charge in [-0.15, -0.1) is 0 Å². The van der Waals surface area contributed by atoms with Gasteiger partial charge in [0.05, 0.1) is 12.8 Å². The maximum Gasteiger partial charge on any atom is 0.142 e. The van der Waals surface area contributed by atoms with E-state index >= 15 is 0 Å². The highest BCUT2D eigenvalue weighted by atomic mass is 16.5. The van der Waals surface area contributed by atoms with Crippen molar-refractivity contribution in [3.8, 4) is 5.75 Å². The third-order valence-electron chi connectivity index (χ3n) is 5.69. The van der Waals surface area contributed by atoms with Gasteiger partial charge in [-0.2, -0.15) is 5.10 Å². The number of para-hydroxylation sites is 2. The molecule has 2 saturated heterocycles. The van der Waals surface area contributed by atoms with Crippen LogP contribution in [0, 0.1) is 0 Å². The predicted molar refractivity (Wildman–Crippen MR) is 104 cm³/mol. The number of hydrogen-bond acceptors (Lipinski definition) is 5. The van der Waals surface area contributed by atoms with E-state index in [1.165, 1.54) is 30.8 Å². The summed E-state index contributed by atoms with van der Waals surface area (Å²) in [5.74, 6) is 0.976. The van der Waals surface area contributed by atoms with E-state index in [-0.39, 0.29) is 0 Å². The summed E-state index contributed by atoms with van der Waals surface area (Å²) in [6.45, 7) is 7.72. The van der Waals surface area contributed by atoms with E-state index in [4.69, 9.17) is 4.74 Å². The Morgan fingerprint density at radius 2 is 1.96 bits per heavy atom. The zero-order chi connectivity index (χ0) is 17.8. The second-order valence-electron chi connectivity index (χ2n) is 7.31. The zero-order valence-electron chi connectivity index (χ0n) is 15.6. The van der Waals surface area contributed by atoms with Gasteiger partial charge < -0.3 is 9.64 Å². The van der Waals surface area contributed by atoms with E-state index in [1.54, 1.807) is 7.11 Å². The van der Waals surface area contributed by atoms with Crippen molar-refractivity contribution in [2.24, 2.45) is 0 Å². The van der Waals surface area contributed by atoms with E-state index in [2.05, 4.69) is 49.2 Å². The molecular formula is C20H29N5O. The fourth-order valence-electron chi connectivity index (χ4n) is 4.31. The number of piperidine rings is 1. The molecule has 1 atom stereocenters. The number of rotatable bonds is 5. The summed E-state index contributed by atoms with van der Waals surface area (Å²) in [4.78, 5) is 7.71. The molecule has 2 aromatic rings. The van der Waals surface area contributed by atoms with Gasteiger partial charge >= 0.3 is 0 Å². The second kappa shape index (κ2) is 8.10. The minimum absolute atomic E-state index is 0.673. The molecule has 0 bridgehead atoms. The average Bonchev–Trinajstić information content (AvgIpc) is 3.21. The molecule has 26 heavy (non-hydrogen) atoms. The fourth-order valence-corrected chi connectivity index (χ4v) is 4.31. The summed E-state index contributed by atoms with van der Waals surface area (Å²) in [5, 5.41) is 7.16. The van der Waals surface area contributed by atoms with Crippen molar-refractivity contribution >= 4 is 5.69 Å². The van der Waals surface area contributed by atoms with Gasteiger partial charge in [0.1, 0.15) is 5.75 Å². The summed E-state index contributed by atoms with van der Waals surface area (Å²) in [6.07, 6.45) is 4.44. The first-order chi connectivity index (χ1) is 12.8. The number of nitrogens with one attached hydrogen (secondary N) is 1. The highest BCUT2D eigenvalue weighted by molar-refractivity contribution is 5.58. The maximum absolute atomic E-state index is 5.54. The van der Waals surface area contributed by atoms with Crippen LogP contribution in [0.4, 0.5) is 5.69 Å². The summed E-state index contributed by atoms with van der Waals surface area (Å²) < 4.78 is 5.54. The third kappa shape index (κ3) is 3.86. The molecule has 1 unspecified atom stereocenters. The van der Waals surface area contributed by atoms with Crippen LogP contribution in [0.25, 0.3) is 0 Å². The molecule has 6 nitrogen and oxygen atoms in total. The molecule has 2 aliphatic rings. The molecule has 140 valence electrons. The van der Waals surface area contributed by atoms with Gasteiger partial charge in [0, 0.05) is 57.2 Å². The Morgan fingerprint density at radius 3 is 2.73 bits per heavy atom. The van der Waals surface area contributed by atoms with E-state index in [0.717, 1.165) is 45.0 Å². The smallest absolute Gasteiger partial charge is 0.142 e. The number of methoxy groups -OCH3 is 1. The first kappa shape index (κ1) is 17.4. The van der Waals surface area contributed by atoms with Crippen LogP contribution in [0.3, 0.4) is 0 Å². The molecule has 0 amide bonds. The van der Waals surface area contributed by atoms with Crippen LogP contribution in [0.15, 0.2) is 36.5 Å². The molecule has 2 aliphatic heterocycles. The van der Waals surface area contributed by atoms with Gasteiger partial charge in [-0.3, -0.25) is 14.9 Å². The van der Waals surface area contributed by atoms with Crippen molar-refractivity contribution in [1.82, 2.24) is 20.0 Å². The van der Waals surface area contributed by atoms with E-state index in [0.29, 0.717) is 6.04 Å². The number of nitrogens with zero attached hydrogens (tertiary/aromatic N) is 4. The number of aromatic nitrogens is 2. The van der Waals surface area contributed by atoms with Gasteiger partial charge in [0.25, 0.3) is 0 Å². The molecule has 0 aliphatic carbocycles. The number of piperazine rings is 1. The van der Waals surface area contributed by atoms with Crippen LogP contribution in [-0.2, 0) is 6.54 Å². The molecule has 4 rings (SSSR count). The molecule has 0 spiro atoms. The van der Waals surface area contributed by atoms with Crippen molar-refractivity contribution in [2.45, 2.75) is 25.4 Å². The highest BCUT2D eigenvalue weighted by Crippen LogP contribution is 2.29. The van der Waals surface area contributed by atoms with Crippen LogP contribution in [0.1, 0.15) is 18.5 Å². The first-order valence-electron chi connectivity index (χ1n) is 9.66. The molecular weight excluding hydrogens is 326 g/mol. The topological polar surface area (TPSA) is 47.6 Å². The molecule has 3 heterocycles. The number of aromatic amines is 1. The number of anilines is 1. The molecule has 1 N–H and O–H groups in total. The summed E-state index contributed by atoms with van der Waals surface area (Å²) >= 11 is 0.